The zero-order valence-corrected chi connectivity index (χ0v) is 15.4. The Balaban J connectivity index is 1.70. The zero-order chi connectivity index (χ0) is 18.5. The molecule has 26 heavy (non-hydrogen) atoms. The van der Waals surface area contributed by atoms with Crippen LogP contribution in [0.1, 0.15) is 36.8 Å². The number of aromatic nitrogens is 1. The first-order chi connectivity index (χ1) is 12.4. The second-order valence-corrected chi connectivity index (χ2v) is 8.15. The van der Waals surface area contributed by atoms with Gasteiger partial charge in [-0.05, 0) is 56.4 Å². The van der Waals surface area contributed by atoms with E-state index in [4.69, 9.17) is 4.98 Å². The molecule has 1 aliphatic carbocycles. The molecule has 0 radical (unpaired) electrons. The highest BCUT2D eigenvalue weighted by molar-refractivity contribution is 5.85. The molecule has 1 saturated heterocycles. The van der Waals surface area contributed by atoms with Crippen molar-refractivity contribution in [1.82, 2.24) is 4.98 Å². The topological polar surface area (TPSA) is 73.7 Å². The van der Waals surface area contributed by atoms with Crippen LogP contribution in [-0.4, -0.2) is 40.4 Å². The van der Waals surface area contributed by atoms with Crippen LogP contribution >= 0.6 is 0 Å². The number of aliphatic hydroxyl groups excluding tert-OH is 1. The number of pyridine rings is 1. The van der Waals surface area contributed by atoms with Crippen molar-refractivity contribution in [3.05, 3.63) is 35.4 Å². The van der Waals surface area contributed by atoms with E-state index in [2.05, 4.69) is 24.8 Å². The molecule has 0 bridgehead atoms. The van der Waals surface area contributed by atoms with E-state index >= 15 is 0 Å². The number of carboxylic acids is 1. The van der Waals surface area contributed by atoms with Crippen molar-refractivity contribution in [2.45, 2.75) is 45.6 Å². The fraction of sp³-hybridized carbons (Fsp3) is 0.524. The van der Waals surface area contributed by atoms with Crippen LogP contribution in [0.3, 0.4) is 0 Å². The number of nitrogens with zero attached hydrogens (tertiary/aromatic N) is 2. The van der Waals surface area contributed by atoms with E-state index in [9.17, 15) is 15.0 Å². The number of aryl methyl sites for hydroxylation is 2. The summed E-state index contributed by atoms with van der Waals surface area (Å²) in [5, 5.41) is 21.6. The fourth-order valence-electron chi connectivity index (χ4n) is 4.26. The molecule has 2 aliphatic rings. The van der Waals surface area contributed by atoms with Crippen molar-refractivity contribution in [1.29, 1.82) is 0 Å². The Morgan fingerprint density at radius 1 is 1.27 bits per heavy atom. The van der Waals surface area contributed by atoms with Gasteiger partial charge in [0.15, 0.2) is 0 Å². The largest absolute Gasteiger partial charge is 0.481 e. The van der Waals surface area contributed by atoms with Gasteiger partial charge in [-0.15, -0.1) is 0 Å². The van der Waals surface area contributed by atoms with E-state index in [1.165, 1.54) is 5.56 Å². The molecule has 1 saturated carbocycles. The number of fused-ring (bicyclic) bond motifs is 1. The van der Waals surface area contributed by atoms with Crippen molar-refractivity contribution >= 4 is 22.7 Å². The van der Waals surface area contributed by atoms with E-state index < -0.39 is 17.5 Å². The van der Waals surface area contributed by atoms with Crippen molar-refractivity contribution in [2.75, 3.05) is 18.0 Å². The van der Waals surface area contributed by atoms with Crippen molar-refractivity contribution < 1.29 is 15.0 Å². The second kappa shape index (κ2) is 6.23. The van der Waals surface area contributed by atoms with Crippen LogP contribution < -0.4 is 4.90 Å². The molecule has 4 rings (SSSR count). The maximum atomic E-state index is 12.1. The smallest absolute Gasteiger partial charge is 0.314 e. The van der Waals surface area contributed by atoms with E-state index in [1.807, 2.05) is 18.2 Å². The van der Waals surface area contributed by atoms with Gasteiger partial charge in [-0.1, -0.05) is 24.5 Å². The Bertz CT molecular complexity index is 862. The van der Waals surface area contributed by atoms with Crippen LogP contribution in [0.4, 0.5) is 5.82 Å². The first-order valence-electron chi connectivity index (χ1n) is 9.43. The molecule has 0 spiro atoms. The number of carboxylic acid groups (broad SMARTS) is 1. The third-order valence-electron chi connectivity index (χ3n) is 6.04. The lowest BCUT2D eigenvalue weighted by atomic mass is 9.73. The molecular formula is C21H26N2O3. The maximum absolute atomic E-state index is 12.1. The highest BCUT2D eigenvalue weighted by Crippen LogP contribution is 2.45. The number of carbonyl (C=O) groups is 1. The average molecular weight is 354 g/mol. The van der Waals surface area contributed by atoms with Gasteiger partial charge in [-0.25, -0.2) is 4.98 Å². The molecule has 2 fully saturated rings. The zero-order valence-electron chi connectivity index (χ0n) is 15.4. The standard InChI is InChI=1S/C21H26N2O3/c1-13-3-6-17-16(9-13)14(2)10-19(22-17)23-8-7-18(24)21(12-23,20(25)26)11-15-4-5-15/h3,6,9-10,15,18,24H,4-5,7-8,11-12H2,1-2H3,(H,25,26)/t18-,21-/m0/s1. The summed E-state index contributed by atoms with van der Waals surface area (Å²) < 4.78 is 0. The first kappa shape index (κ1) is 17.3. The number of hydrogen-bond acceptors (Lipinski definition) is 4. The van der Waals surface area contributed by atoms with E-state index in [1.54, 1.807) is 0 Å². The summed E-state index contributed by atoms with van der Waals surface area (Å²) in [7, 11) is 0. The Hall–Kier alpha value is -2.14. The summed E-state index contributed by atoms with van der Waals surface area (Å²) in [4.78, 5) is 19.0. The lowest BCUT2D eigenvalue weighted by Crippen LogP contribution is -2.56. The van der Waals surface area contributed by atoms with Crippen molar-refractivity contribution in [3.63, 3.8) is 0 Å². The Morgan fingerprint density at radius 3 is 2.73 bits per heavy atom. The monoisotopic (exact) mass is 354 g/mol. The molecule has 2 aromatic rings. The molecule has 0 amide bonds. The molecule has 1 aromatic heterocycles. The van der Waals surface area contributed by atoms with Gasteiger partial charge in [0.25, 0.3) is 0 Å². The summed E-state index contributed by atoms with van der Waals surface area (Å²) in [6.07, 6.45) is 2.39. The van der Waals surface area contributed by atoms with Gasteiger partial charge in [0.2, 0.25) is 0 Å². The Labute approximate surface area is 153 Å². The minimum absolute atomic E-state index is 0.323. The predicted molar refractivity (Wildman–Crippen MR) is 101 cm³/mol. The molecule has 2 atom stereocenters. The number of benzene rings is 1. The van der Waals surface area contributed by atoms with Gasteiger partial charge in [0.1, 0.15) is 11.2 Å². The molecule has 2 N–H and O–H groups in total. The van der Waals surface area contributed by atoms with Crippen LogP contribution in [0.2, 0.25) is 0 Å². The summed E-state index contributed by atoms with van der Waals surface area (Å²) >= 11 is 0. The maximum Gasteiger partial charge on any atom is 0.314 e. The summed E-state index contributed by atoms with van der Waals surface area (Å²) in [5.41, 5.74) is 2.19. The fourth-order valence-corrected chi connectivity index (χ4v) is 4.26. The van der Waals surface area contributed by atoms with Crippen molar-refractivity contribution in [3.8, 4) is 0 Å². The number of piperidine rings is 1. The van der Waals surface area contributed by atoms with Crippen LogP contribution in [0.25, 0.3) is 10.9 Å². The number of aliphatic hydroxyl groups is 1. The average Bonchev–Trinajstić information content (AvgIpc) is 3.41. The summed E-state index contributed by atoms with van der Waals surface area (Å²) in [6, 6.07) is 8.25. The number of aliphatic carboxylic acids is 1. The molecule has 0 unspecified atom stereocenters. The number of hydrogen-bond donors (Lipinski definition) is 2. The number of rotatable bonds is 4. The quantitative estimate of drug-likeness (QED) is 0.881. The van der Waals surface area contributed by atoms with E-state index in [0.29, 0.717) is 31.8 Å². The Morgan fingerprint density at radius 2 is 2.04 bits per heavy atom. The lowest BCUT2D eigenvalue weighted by molar-refractivity contribution is -0.158. The predicted octanol–water partition coefficient (Wildman–Crippen LogP) is 3.29. The third kappa shape index (κ3) is 2.94. The van der Waals surface area contributed by atoms with Crippen LogP contribution in [-0.2, 0) is 4.79 Å². The van der Waals surface area contributed by atoms with Crippen LogP contribution in [0.15, 0.2) is 24.3 Å². The van der Waals surface area contributed by atoms with Crippen molar-refractivity contribution in [2.24, 2.45) is 11.3 Å². The summed E-state index contributed by atoms with van der Waals surface area (Å²) in [6.45, 7) is 5.09. The van der Waals surface area contributed by atoms with E-state index in [0.717, 1.165) is 35.1 Å². The molecular weight excluding hydrogens is 328 g/mol. The SMILES string of the molecule is Cc1ccc2nc(N3CC[C@H](O)[C@@](CC4CC4)(C(=O)O)C3)cc(C)c2c1. The molecule has 1 aliphatic heterocycles. The van der Waals surface area contributed by atoms with Crippen LogP contribution in [0.5, 0.6) is 0 Å². The molecule has 5 heteroatoms. The van der Waals surface area contributed by atoms with E-state index in [-0.39, 0.29) is 0 Å². The Kier molecular flexibility index (Phi) is 4.14. The normalized spacial score (nSPS) is 26.3. The van der Waals surface area contributed by atoms with Gasteiger partial charge in [-0.2, -0.15) is 0 Å². The summed E-state index contributed by atoms with van der Waals surface area (Å²) in [5.74, 6) is 0.372. The third-order valence-corrected chi connectivity index (χ3v) is 6.04. The molecule has 1 aromatic carbocycles. The van der Waals surface area contributed by atoms with Gasteiger partial charge >= 0.3 is 5.97 Å². The van der Waals surface area contributed by atoms with Gasteiger partial charge in [0.05, 0.1) is 11.6 Å². The lowest BCUT2D eigenvalue weighted by Gasteiger charge is -2.44. The van der Waals surface area contributed by atoms with Crippen LogP contribution in [0, 0.1) is 25.2 Å². The first-order valence-corrected chi connectivity index (χ1v) is 9.43. The van der Waals surface area contributed by atoms with Gasteiger partial charge in [0, 0.05) is 18.5 Å². The highest BCUT2D eigenvalue weighted by atomic mass is 16.4. The minimum Gasteiger partial charge on any atom is -0.481 e. The molecule has 2 heterocycles. The number of anilines is 1. The molecule has 138 valence electrons. The van der Waals surface area contributed by atoms with Gasteiger partial charge in [-0.3, -0.25) is 4.79 Å². The minimum atomic E-state index is -1.09. The molecule has 5 nitrogen and oxygen atoms in total. The van der Waals surface area contributed by atoms with Gasteiger partial charge < -0.3 is 15.1 Å². The second-order valence-electron chi connectivity index (χ2n) is 8.15. The highest BCUT2D eigenvalue weighted by Gasteiger charge is 2.52.